The number of rotatable bonds is 5. The van der Waals surface area contributed by atoms with E-state index in [-0.39, 0.29) is 12.2 Å². The van der Waals surface area contributed by atoms with E-state index >= 15 is 0 Å². The Bertz CT molecular complexity index is 1490. The number of hydrogen-bond donors (Lipinski definition) is 1. The fourth-order valence-electron chi connectivity index (χ4n) is 3.79. The average Bonchev–Trinajstić information content (AvgIpc) is 3.12. The smallest absolute Gasteiger partial charge is 0.433 e. The second kappa shape index (κ2) is 10.2. The molecule has 0 aliphatic heterocycles. The number of amides is 1. The minimum Gasteiger partial charge on any atom is -0.469 e. The topological polar surface area (TPSA) is 134 Å². The molecule has 186 valence electrons. The van der Waals surface area contributed by atoms with Crippen LogP contribution in [-0.4, -0.2) is 50.6 Å². The molecule has 1 amide bonds. The normalized spacial score (nSPS) is 12.8. The van der Waals surface area contributed by atoms with Gasteiger partial charge in [0, 0.05) is 38.9 Å². The van der Waals surface area contributed by atoms with Crippen molar-refractivity contribution in [2.75, 3.05) is 12.8 Å². The van der Waals surface area contributed by atoms with E-state index in [0.29, 0.717) is 11.2 Å². The molecule has 10 nitrogen and oxygen atoms in total. The molecule has 3 heterocycles. The Hall–Kier alpha value is -3.61. The van der Waals surface area contributed by atoms with Crippen molar-refractivity contribution in [1.82, 2.24) is 19.6 Å². The van der Waals surface area contributed by atoms with Crippen molar-refractivity contribution >= 4 is 63.1 Å². The Morgan fingerprint density at radius 1 is 1.25 bits per heavy atom. The van der Waals surface area contributed by atoms with Crippen molar-refractivity contribution in [3.8, 4) is 11.1 Å². The van der Waals surface area contributed by atoms with Crippen LogP contribution in [0.1, 0.15) is 26.5 Å². The van der Waals surface area contributed by atoms with Crippen LogP contribution in [0.3, 0.4) is 0 Å². The molecular formula is C25H25IN6O4. The predicted octanol–water partition coefficient (Wildman–Crippen LogP) is 4.47. The molecule has 1 aromatic carbocycles. The highest BCUT2D eigenvalue weighted by molar-refractivity contribution is 14.1. The number of ether oxygens (including phenoxy) is 2. The van der Waals surface area contributed by atoms with Gasteiger partial charge in [-0.3, -0.25) is 9.78 Å². The first kappa shape index (κ1) is 25.5. The number of methoxy groups -OCH3 is 1. The van der Waals surface area contributed by atoms with Gasteiger partial charge in [0.25, 0.3) is 0 Å². The highest BCUT2D eigenvalue weighted by Crippen LogP contribution is 2.37. The van der Waals surface area contributed by atoms with E-state index in [1.807, 2.05) is 30.3 Å². The van der Waals surface area contributed by atoms with Crippen LogP contribution in [0.5, 0.6) is 0 Å². The highest BCUT2D eigenvalue weighted by atomic mass is 127. The highest BCUT2D eigenvalue weighted by Gasteiger charge is 2.27. The third-order valence-corrected chi connectivity index (χ3v) is 6.50. The van der Waals surface area contributed by atoms with Crippen LogP contribution in [0.4, 0.5) is 10.6 Å². The molecule has 0 saturated heterocycles. The lowest BCUT2D eigenvalue weighted by molar-refractivity contribution is -0.142. The van der Waals surface area contributed by atoms with Crippen LogP contribution in [0, 0.1) is 9.49 Å². The standard InChI is InChI=1S/C25H25IN6O4/c1-25(2,3)36-24(34)29-12-16(23(33)35-4)10-18-20(26)19(21-22(27)30-13-31-32(18)21)15-9-14-7-5-6-8-17(14)28-11-15/h5-9,11-13,16H,10H2,1-4H3,(H2,27,30,31). The number of halogens is 1. The summed E-state index contributed by atoms with van der Waals surface area (Å²) in [5.41, 5.74) is 9.37. The van der Waals surface area contributed by atoms with Gasteiger partial charge >= 0.3 is 12.1 Å². The molecule has 0 saturated carbocycles. The molecule has 11 heteroatoms. The molecule has 4 rings (SSSR count). The molecule has 3 aromatic heterocycles. The van der Waals surface area contributed by atoms with Gasteiger partial charge in [-0.2, -0.15) is 10.1 Å². The predicted molar refractivity (Wildman–Crippen MR) is 145 cm³/mol. The van der Waals surface area contributed by atoms with Crippen molar-refractivity contribution < 1.29 is 19.1 Å². The molecule has 1 atom stereocenters. The molecule has 0 aliphatic carbocycles. The van der Waals surface area contributed by atoms with Gasteiger partial charge in [-0.25, -0.2) is 14.3 Å². The molecule has 0 fully saturated rings. The number of carbonyl (C=O) groups is 2. The number of carbonyl (C=O) groups excluding carboxylic acids is 2. The fraction of sp³-hybridized carbons (Fsp3) is 0.280. The number of anilines is 1. The van der Waals surface area contributed by atoms with Crippen LogP contribution < -0.4 is 5.73 Å². The summed E-state index contributed by atoms with van der Waals surface area (Å²) in [4.78, 5) is 37.3. The third kappa shape index (κ3) is 5.30. The maximum absolute atomic E-state index is 12.6. The summed E-state index contributed by atoms with van der Waals surface area (Å²) >= 11 is 2.21. The van der Waals surface area contributed by atoms with Crippen molar-refractivity contribution in [1.29, 1.82) is 0 Å². The summed E-state index contributed by atoms with van der Waals surface area (Å²) in [6.45, 7) is 5.21. The molecule has 0 aliphatic rings. The molecular weight excluding hydrogens is 575 g/mol. The van der Waals surface area contributed by atoms with Gasteiger partial charge in [0.05, 0.1) is 24.2 Å². The van der Waals surface area contributed by atoms with Crippen LogP contribution in [-0.2, 0) is 20.7 Å². The summed E-state index contributed by atoms with van der Waals surface area (Å²) in [6, 6.07) is 9.83. The Morgan fingerprint density at radius 3 is 2.72 bits per heavy atom. The van der Waals surface area contributed by atoms with E-state index in [2.05, 4.69) is 42.6 Å². The van der Waals surface area contributed by atoms with Gasteiger partial charge in [-0.1, -0.05) is 18.2 Å². The zero-order chi connectivity index (χ0) is 26.0. The molecule has 1 unspecified atom stereocenters. The van der Waals surface area contributed by atoms with Gasteiger partial charge in [-0.05, 0) is 55.5 Å². The number of hydrogen-bond acceptors (Lipinski definition) is 8. The van der Waals surface area contributed by atoms with Crippen molar-refractivity contribution in [3.63, 3.8) is 0 Å². The second-order valence-electron chi connectivity index (χ2n) is 9.05. The Balaban J connectivity index is 1.80. The maximum Gasteiger partial charge on any atom is 0.433 e. The second-order valence-corrected chi connectivity index (χ2v) is 10.1. The van der Waals surface area contributed by atoms with Gasteiger partial charge in [0.15, 0.2) is 5.82 Å². The van der Waals surface area contributed by atoms with E-state index in [1.54, 1.807) is 31.5 Å². The lowest BCUT2D eigenvalue weighted by Crippen LogP contribution is -2.24. The molecule has 0 radical (unpaired) electrons. The minimum absolute atomic E-state index is 0.149. The number of esters is 1. The summed E-state index contributed by atoms with van der Waals surface area (Å²) in [5.74, 6) is -1.13. The van der Waals surface area contributed by atoms with Crippen molar-refractivity contribution in [2.24, 2.45) is 10.9 Å². The average molecular weight is 600 g/mol. The summed E-state index contributed by atoms with van der Waals surface area (Å²) < 4.78 is 12.7. The molecule has 4 aromatic rings. The first-order chi connectivity index (χ1) is 17.1. The van der Waals surface area contributed by atoms with E-state index in [9.17, 15) is 9.59 Å². The Kier molecular flexibility index (Phi) is 7.20. The first-order valence-electron chi connectivity index (χ1n) is 11.1. The van der Waals surface area contributed by atoms with Crippen LogP contribution >= 0.6 is 22.6 Å². The summed E-state index contributed by atoms with van der Waals surface area (Å²) in [6.07, 6.45) is 3.73. The first-order valence-corrected chi connectivity index (χ1v) is 12.2. The third-order valence-electron chi connectivity index (χ3n) is 5.33. The van der Waals surface area contributed by atoms with Crippen molar-refractivity contribution in [2.45, 2.75) is 32.8 Å². The van der Waals surface area contributed by atoms with Crippen LogP contribution in [0.25, 0.3) is 27.5 Å². The lowest BCUT2D eigenvalue weighted by atomic mass is 10.0. The number of nitrogens with two attached hydrogens (primary N) is 1. The zero-order valence-electron chi connectivity index (χ0n) is 20.2. The van der Waals surface area contributed by atoms with Crippen molar-refractivity contribution in [3.05, 3.63) is 52.1 Å². The summed E-state index contributed by atoms with van der Waals surface area (Å²) in [5, 5.41) is 5.38. The quantitative estimate of drug-likeness (QED) is 0.202. The lowest BCUT2D eigenvalue weighted by Gasteiger charge is -2.17. The van der Waals surface area contributed by atoms with Crippen LogP contribution in [0.15, 0.2) is 47.8 Å². The molecule has 36 heavy (non-hydrogen) atoms. The number of pyridine rings is 1. The number of nitrogens with zero attached hydrogens (tertiary/aromatic N) is 5. The van der Waals surface area contributed by atoms with Gasteiger partial charge in [-0.15, -0.1) is 0 Å². The number of nitrogen functional groups attached to an aromatic ring is 1. The largest absolute Gasteiger partial charge is 0.469 e. The van der Waals surface area contributed by atoms with E-state index in [4.69, 9.17) is 15.2 Å². The number of para-hydroxylation sites is 1. The maximum atomic E-state index is 12.6. The number of aliphatic imine (C=N–C) groups is 1. The number of aromatic nitrogens is 4. The number of fused-ring (bicyclic) bond motifs is 2. The monoisotopic (exact) mass is 600 g/mol. The zero-order valence-corrected chi connectivity index (χ0v) is 22.4. The molecule has 0 spiro atoms. The minimum atomic E-state index is -0.868. The molecule has 2 N–H and O–H groups in total. The van der Waals surface area contributed by atoms with Gasteiger partial charge in [0.2, 0.25) is 0 Å². The van der Waals surface area contributed by atoms with Gasteiger partial charge in [0.1, 0.15) is 17.4 Å². The molecule has 0 bridgehead atoms. The van der Waals surface area contributed by atoms with Gasteiger partial charge < -0.3 is 15.2 Å². The van der Waals surface area contributed by atoms with E-state index in [0.717, 1.165) is 25.6 Å². The van der Waals surface area contributed by atoms with E-state index < -0.39 is 23.6 Å². The van der Waals surface area contributed by atoms with Crippen LogP contribution in [0.2, 0.25) is 0 Å². The fourth-order valence-corrected chi connectivity index (χ4v) is 4.81. The van der Waals surface area contributed by atoms with E-state index in [1.165, 1.54) is 19.7 Å². The summed E-state index contributed by atoms with van der Waals surface area (Å²) in [7, 11) is 1.28. The SMILES string of the molecule is COC(=O)C(C=NC(=O)OC(C)(C)C)Cc1c(I)c(-c2cnc3ccccc3c2)c2c(N)ncnn12. The Morgan fingerprint density at radius 2 is 2.00 bits per heavy atom. The Labute approximate surface area is 221 Å². The number of benzene rings is 1.